The van der Waals surface area contributed by atoms with E-state index in [1.807, 2.05) is 0 Å². The van der Waals surface area contributed by atoms with E-state index in [2.05, 4.69) is 0 Å². The van der Waals surface area contributed by atoms with Gasteiger partial charge in [-0.3, -0.25) is 10.1 Å². The summed E-state index contributed by atoms with van der Waals surface area (Å²) in [7, 11) is 0. The third-order valence-corrected chi connectivity index (χ3v) is 3.00. The number of rotatable bonds is 4. The average molecular weight is 312 g/mol. The van der Waals surface area contributed by atoms with E-state index < -0.39 is 16.8 Å². The minimum atomic E-state index is -1.12. The quantitative estimate of drug-likeness (QED) is 0.677. The number of nitro groups is 1. The number of hydrogen-bond donors (Lipinski definition) is 1. The van der Waals surface area contributed by atoms with Gasteiger partial charge in [-0.25, -0.2) is 4.39 Å². The Bertz CT molecular complexity index is 691. The maximum Gasteiger partial charge on any atom is 0.313 e. The summed E-state index contributed by atoms with van der Waals surface area (Å²) >= 11 is 5.71. The number of nitrogens with zero attached hydrogens (tertiary/aromatic N) is 1. The van der Waals surface area contributed by atoms with Crippen molar-refractivity contribution < 1.29 is 19.2 Å². The minimum Gasteiger partial charge on any atom is -0.450 e. The third-order valence-electron chi connectivity index (χ3n) is 2.77. The normalized spacial score (nSPS) is 12.0. The van der Waals surface area contributed by atoms with E-state index in [-0.39, 0.29) is 27.8 Å². The monoisotopic (exact) mass is 311 g/mol. The molecule has 0 spiro atoms. The number of aliphatic hydroxyl groups excluding tert-OH is 1. The van der Waals surface area contributed by atoms with Crippen molar-refractivity contribution in [1.29, 1.82) is 0 Å². The Balaban J connectivity index is 2.49. The molecule has 0 heterocycles. The van der Waals surface area contributed by atoms with Crippen LogP contribution in [0, 0.1) is 15.9 Å². The Hall–Kier alpha value is -2.18. The summed E-state index contributed by atoms with van der Waals surface area (Å²) in [5.74, 6) is -0.730. The third kappa shape index (κ3) is 3.29. The first-order chi connectivity index (χ1) is 9.90. The van der Waals surface area contributed by atoms with E-state index in [0.29, 0.717) is 0 Å². The van der Waals surface area contributed by atoms with Gasteiger partial charge in [0, 0.05) is 11.1 Å². The van der Waals surface area contributed by atoms with Crippen LogP contribution < -0.4 is 4.74 Å². The Labute approximate surface area is 124 Å². The van der Waals surface area contributed by atoms with Crippen LogP contribution in [0.4, 0.5) is 10.1 Å². The highest BCUT2D eigenvalue weighted by Gasteiger charge is 2.20. The van der Waals surface area contributed by atoms with Gasteiger partial charge in [0.2, 0.25) is 5.75 Å². The van der Waals surface area contributed by atoms with Crippen LogP contribution in [0.1, 0.15) is 18.6 Å². The first-order valence-corrected chi connectivity index (χ1v) is 6.36. The molecule has 5 nitrogen and oxygen atoms in total. The molecule has 0 fully saturated rings. The molecule has 2 rings (SSSR count). The van der Waals surface area contributed by atoms with Gasteiger partial charge in [0.25, 0.3) is 0 Å². The molecule has 1 unspecified atom stereocenters. The smallest absolute Gasteiger partial charge is 0.313 e. The molecule has 110 valence electrons. The highest BCUT2D eigenvalue weighted by molar-refractivity contribution is 6.30. The van der Waals surface area contributed by atoms with E-state index in [4.69, 9.17) is 16.3 Å². The van der Waals surface area contributed by atoms with Crippen LogP contribution in [-0.4, -0.2) is 10.0 Å². The summed E-state index contributed by atoms with van der Waals surface area (Å²) < 4.78 is 19.1. The van der Waals surface area contributed by atoms with Crippen LogP contribution >= 0.6 is 11.6 Å². The van der Waals surface area contributed by atoms with Crippen LogP contribution in [0.3, 0.4) is 0 Å². The molecule has 21 heavy (non-hydrogen) atoms. The zero-order chi connectivity index (χ0) is 15.6. The van der Waals surface area contributed by atoms with Crippen molar-refractivity contribution >= 4 is 17.3 Å². The summed E-state index contributed by atoms with van der Waals surface area (Å²) in [6.07, 6.45) is -1.12. The average Bonchev–Trinajstić information content (AvgIpc) is 2.40. The van der Waals surface area contributed by atoms with Crippen molar-refractivity contribution in [3.8, 4) is 11.5 Å². The fraction of sp³-hybridized carbons (Fsp3) is 0.143. The SMILES string of the molecule is CC(O)c1c(F)cccc1Oc1ccc(Cl)cc1[N+](=O)[O-]. The zero-order valence-electron chi connectivity index (χ0n) is 10.9. The summed E-state index contributed by atoms with van der Waals surface area (Å²) in [5, 5.41) is 20.8. The van der Waals surface area contributed by atoms with E-state index in [1.165, 1.54) is 37.3 Å². The fourth-order valence-electron chi connectivity index (χ4n) is 1.85. The van der Waals surface area contributed by atoms with Crippen LogP contribution in [-0.2, 0) is 0 Å². The van der Waals surface area contributed by atoms with Crippen molar-refractivity contribution in [3.05, 3.63) is 62.9 Å². The molecule has 2 aromatic carbocycles. The lowest BCUT2D eigenvalue weighted by molar-refractivity contribution is -0.385. The van der Waals surface area contributed by atoms with Crippen LogP contribution in [0.2, 0.25) is 5.02 Å². The van der Waals surface area contributed by atoms with Crippen molar-refractivity contribution in [2.75, 3.05) is 0 Å². The molecule has 0 aliphatic carbocycles. The van der Waals surface area contributed by atoms with Crippen LogP contribution in [0.15, 0.2) is 36.4 Å². The van der Waals surface area contributed by atoms with Gasteiger partial charge in [0.05, 0.1) is 16.6 Å². The number of hydrogen-bond acceptors (Lipinski definition) is 4. The maximum absolute atomic E-state index is 13.7. The highest BCUT2D eigenvalue weighted by atomic mass is 35.5. The number of nitro benzene ring substituents is 1. The van der Waals surface area contributed by atoms with Gasteiger partial charge in [0.1, 0.15) is 11.6 Å². The van der Waals surface area contributed by atoms with Gasteiger partial charge in [-0.05, 0) is 31.2 Å². The largest absolute Gasteiger partial charge is 0.450 e. The molecule has 2 aromatic rings. The molecular formula is C14H11ClFNO4. The Morgan fingerprint density at radius 1 is 1.33 bits per heavy atom. The number of benzene rings is 2. The molecule has 0 amide bonds. The lowest BCUT2D eigenvalue weighted by atomic mass is 10.1. The second-order valence-electron chi connectivity index (χ2n) is 4.30. The number of aliphatic hydroxyl groups is 1. The molecule has 0 saturated carbocycles. The highest BCUT2D eigenvalue weighted by Crippen LogP contribution is 2.37. The lowest BCUT2D eigenvalue weighted by Gasteiger charge is -2.14. The molecule has 7 heteroatoms. The second-order valence-corrected chi connectivity index (χ2v) is 4.74. The summed E-state index contributed by atoms with van der Waals surface area (Å²) in [6.45, 7) is 1.38. The molecule has 1 N–H and O–H groups in total. The Kier molecular flexibility index (Phi) is 4.40. The molecule has 0 aliphatic rings. The Morgan fingerprint density at radius 2 is 2.05 bits per heavy atom. The maximum atomic E-state index is 13.7. The van der Waals surface area contributed by atoms with Gasteiger partial charge in [-0.2, -0.15) is 0 Å². The molecular weight excluding hydrogens is 301 g/mol. The molecule has 0 saturated heterocycles. The standard InChI is InChI=1S/C14H11ClFNO4/c1-8(18)14-10(16)3-2-4-13(14)21-12-6-5-9(15)7-11(12)17(19)20/h2-8,18H,1H3. The van der Waals surface area contributed by atoms with Gasteiger partial charge in [-0.1, -0.05) is 17.7 Å². The predicted molar refractivity (Wildman–Crippen MR) is 75.2 cm³/mol. The molecule has 0 aromatic heterocycles. The summed E-state index contributed by atoms with van der Waals surface area (Å²) in [4.78, 5) is 10.3. The molecule has 1 atom stereocenters. The minimum absolute atomic E-state index is 0.00965. The topological polar surface area (TPSA) is 72.6 Å². The lowest BCUT2D eigenvalue weighted by Crippen LogP contribution is -2.01. The number of ether oxygens (including phenoxy) is 1. The van der Waals surface area contributed by atoms with E-state index >= 15 is 0 Å². The van der Waals surface area contributed by atoms with E-state index in [0.717, 1.165) is 6.07 Å². The van der Waals surface area contributed by atoms with Crippen LogP contribution in [0.5, 0.6) is 11.5 Å². The molecule has 0 aliphatic heterocycles. The van der Waals surface area contributed by atoms with E-state index in [1.54, 1.807) is 0 Å². The van der Waals surface area contributed by atoms with Gasteiger partial charge >= 0.3 is 5.69 Å². The fourth-order valence-corrected chi connectivity index (χ4v) is 2.02. The summed E-state index contributed by atoms with van der Waals surface area (Å²) in [6, 6.07) is 7.85. The Morgan fingerprint density at radius 3 is 2.67 bits per heavy atom. The zero-order valence-corrected chi connectivity index (χ0v) is 11.7. The van der Waals surface area contributed by atoms with Gasteiger partial charge < -0.3 is 9.84 Å². The van der Waals surface area contributed by atoms with Crippen molar-refractivity contribution in [3.63, 3.8) is 0 Å². The van der Waals surface area contributed by atoms with Gasteiger partial charge in [0.15, 0.2) is 0 Å². The van der Waals surface area contributed by atoms with Crippen molar-refractivity contribution in [1.82, 2.24) is 0 Å². The molecule has 0 bridgehead atoms. The number of halogens is 2. The van der Waals surface area contributed by atoms with E-state index in [9.17, 15) is 19.6 Å². The molecule has 0 radical (unpaired) electrons. The predicted octanol–water partition coefficient (Wildman–Crippen LogP) is 4.23. The van der Waals surface area contributed by atoms with Crippen molar-refractivity contribution in [2.24, 2.45) is 0 Å². The van der Waals surface area contributed by atoms with Crippen molar-refractivity contribution in [2.45, 2.75) is 13.0 Å². The van der Waals surface area contributed by atoms with Gasteiger partial charge in [-0.15, -0.1) is 0 Å². The van der Waals surface area contributed by atoms with Crippen LogP contribution in [0.25, 0.3) is 0 Å². The summed E-state index contributed by atoms with van der Waals surface area (Å²) in [5.41, 5.74) is -0.412. The first-order valence-electron chi connectivity index (χ1n) is 5.98. The second kappa shape index (κ2) is 6.07. The first kappa shape index (κ1) is 15.2.